The number of rotatable bonds is 8. The number of aromatic hydroxyl groups is 1. The van der Waals surface area contributed by atoms with E-state index in [0.29, 0.717) is 0 Å². The molecular weight excluding hydrogens is 370 g/mol. The summed E-state index contributed by atoms with van der Waals surface area (Å²) in [6, 6.07) is 7.75. The Hall–Kier alpha value is -1.41. The van der Waals surface area contributed by atoms with E-state index in [-0.39, 0.29) is 17.7 Å². The van der Waals surface area contributed by atoms with Gasteiger partial charge in [0.05, 0.1) is 0 Å². The maximum atomic E-state index is 10.9. The highest BCUT2D eigenvalue weighted by Gasteiger charge is 2.34. The van der Waals surface area contributed by atoms with Gasteiger partial charge in [0.2, 0.25) is 0 Å². The maximum absolute atomic E-state index is 10.9. The highest BCUT2D eigenvalue weighted by atomic mass is 32.2. The number of thiophene rings is 1. The lowest BCUT2D eigenvalue weighted by atomic mass is 9.74. The van der Waals surface area contributed by atoms with Gasteiger partial charge in [0.25, 0.3) is 11.0 Å². The van der Waals surface area contributed by atoms with Crippen molar-refractivity contribution in [3.63, 3.8) is 0 Å². The molecule has 0 amide bonds. The summed E-state index contributed by atoms with van der Waals surface area (Å²) in [6.07, 6.45) is 1.26. The molecule has 144 valence electrons. The molecule has 0 saturated heterocycles. The van der Waals surface area contributed by atoms with Crippen LogP contribution < -0.4 is 5.73 Å². The molecule has 26 heavy (non-hydrogen) atoms. The van der Waals surface area contributed by atoms with Crippen LogP contribution in [0.25, 0.3) is 0 Å². The predicted molar refractivity (Wildman–Crippen MR) is 106 cm³/mol. The van der Waals surface area contributed by atoms with E-state index in [1.54, 1.807) is 24.3 Å². The zero-order chi connectivity index (χ0) is 19.5. The van der Waals surface area contributed by atoms with Gasteiger partial charge in [-0.05, 0) is 56.0 Å². The number of nitrogens with two attached hydrogens (primary N) is 1. The summed E-state index contributed by atoms with van der Waals surface area (Å²) in [6.45, 7) is 8.29. The molecule has 5 nitrogen and oxygen atoms in total. The fourth-order valence-corrected chi connectivity index (χ4v) is 5.45. The van der Waals surface area contributed by atoms with Gasteiger partial charge < -0.3 is 10.8 Å². The largest absolute Gasteiger partial charge is 0.508 e. The van der Waals surface area contributed by atoms with Crippen LogP contribution in [0.1, 0.15) is 66.2 Å². The van der Waals surface area contributed by atoms with E-state index in [1.807, 2.05) is 19.1 Å². The number of benzene rings is 1. The number of hydrogen-bond donors (Lipinski definition) is 3. The molecule has 0 aliphatic rings. The zero-order valence-electron chi connectivity index (χ0n) is 15.6. The minimum Gasteiger partial charge on any atom is -0.508 e. The molecule has 2 aromatic rings. The summed E-state index contributed by atoms with van der Waals surface area (Å²) < 4.78 is 26.8. The van der Waals surface area contributed by atoms with Crippen molar-refractivity contribution in [3.05, 3.63) is 50.7 Å². The maximum Gasteiger partial charge on any atom is 0.257 e. The molecule has 0 aliphatic carbocycles. The molecule has 1 aromatic heterocycles. The second kappa shape index (κ2) is 8.52. The second-order valence-electron chi connectivity index (χ2n) is 6.47. The van der Waals surface area contributed by atoms with Crippen LogP contribution in [0.5, 0.6) is 5.75 Å². The van der Waals surface area contributed by atoms with E-state index >= 15 is 0 Å². The first-order valence-electron chi connectivity index (χ1n) is 8.73. The molecular formula is C19H27NO4S2. The molecule has 0 spiro atoms. The minimum absolute atomic E-state index is 0.210. The number of phenols is 1. The van der Waals surface area contributed by atoms with E-state index in [1.165, 1.54) is 4.88 Å². The summed E-state index contributed by atoms with van der Waals surface area (Å²) in [5.74, 6) is 0.210. The van der Waals surface area contributed by atoms with E-state index < -0.39 is 17.1 Å². The molecule has 0 fully saturated rings. The third-order valence-corrected chi connectivity index (χ3v) is 7.19. The van der Waals surface area contributed by atoms with Crippen LogP contribution in [-0.2, 0) is 27.1 Å². The molecule has 0 bridgehead atoms. The average Bonchev–Trinajstić information content (AvgIpc) is 2.99. The number of aryl methyl sites for hydroxylation is 1. The summed E-state index contributed by atoms with van der Waals surface area (Å²) in [7, 11) is -2.89. The smallest absolute Gasteiger partial charge is 0.257 e. The second-order valence-corrected chi connectivity index (χ2v) is 8.21. The molecule has 1 aromatic carbocycles. The Bertz CT molecular complexity index is 830. The quantitative estimate of drug-likeness (QED) is 0.587. The standard InChI is InChI=1S/C19H27NO4S2/c1-5-19(6-2,15-7-8-16(21)14(10-15)11-20)17-9-12(3)18(25-17)13(4)24-26(22)23/h7-10,13,21,26H,5-6,11,20H2,1-4H3. The van der Waals surface area contributed by atoms with Crippen LogP contribution >= 0.6 is 11.3 Å². The predicted octanol–water partition coefficient (Wildman–Crippen LogP) is 3.93. The topological polar surface area (TPSA) is 89.6 Å². The first-order valence-corrected chi connectivity index (χ1v) is 10.6. The van der Waals surface area contributed by atoms with Crippen molar-refractivity contribution in [2.75, 3.05) is 0 Å². The van der Waals surface area contributed by atoms with Crippen molar-refractivity contribution in [2.24, 2.45) is 5.73 Å². The fourth-order valence-electron chi connectivity index (χ4n) is 3.51. The third-order valence-electron chi connectivity index (χ3n) is 5.10. The van der Waals surface area contributed by atoms with Crippen molar-refractivity contribution >= 4 is 22.3 Å². The molecule has 7 heteroatoms. The first kappa shape index (κ1) is 20.9. The van der Waals surface area contributed by atoms with Gasteiger partial charge in [-0.1, -0.05) is 19.9 Å². The van der Waals surface area contributed by atoms with Crippen LogP contribution in [0.4, 0.5) is 0 Å². The summed E-state index contributed by atoms with van der Waals surface area (Å²) in [4.78, 5) is 2.09. The summed E-state index contributed by atoms with van der Waals surface area (Å²) in [5.41, 5.74) is 8.41. The van der Waals surface area contributed by atoms with Gasteiger partial charge in [-0.15, -0.1) is 11.3 Å². The molecule has 3 N–H and O–H groups in total. The Morgan fingerprint density at radius 1 is 1.27 bits per heavy atom. The molecule has 0 saturated carbocycles. The first-order chi connectivity index (χ1) is 12.3. The Labute approximate surface area is 161 Å². The Balaban J connectivity index is 2.56. The highest BCUT2D eigenvalue weighted by molar-refractivity contribution is 7.67. The lowest BCUT2D eigenvalue weighted by molar-refractivity contribution is 0.249. The third kappa shape index (κ3) is 3.96. The molecule has 0 radical (unpaired) electrons. The lowest BCUT2D eigenvalue weighted by Crippen LogP contribution is -2.25. The van der Waals surface area contributed by atoms with Gasteiger partial charge in [0.1, 0.15) is 11.9 Å². The van der Waals surface area contributed by atoms with Crippen LogP contribution in [0.3, 0.4) is 0 Å². The molecule has 0 aliphatic heterocycles. The molecule has 1 unspecified atom stereocenters. The van der Waals surface area contributed by atoms with Gasteiger partial charge in [0, 0.05) is 27.3 Å². The van der Waals surface area contributed by atoms with Crippen LogP contribution in [0, 0.1) is 6.92 Å². The van der Waals surface area contributed by atoms with Gasteiger partial charge in [-0.25, -0.2) is 8.42 Å². The van der Waals surface area contributed by atoms with Crippen molar-refractivity contribution in [2.45, 2.75) is 58.6 Å². The van der Waals surface area contributed by atoms with Crippen molar-refractivity contribution in [3.8, 4) is 5.75 Å². The van der Waals surface area contributed by atoms with Gasteiger partial charge in [-0.3, -0.25) is 4.18 Å². The van der Waals surface area contributed by atoms with Crippen LogP contribution in [-0.4, -0.2) is 13.5 Å². The molecule has 1 heterocycles. The number of hydrogen-bond acceptors (Lipinski definition) is 6. The van der Waals surface area contributed by atoms with Crippen molar-refractivity contribution < 1.29 is 17.7 Å². The van der Waals surface area contributed by atoms with Crippen molar-refractivity contribution in [1.29, 1.82) is 0 Å². The zero-order valence-corrected chi connectivity index (χ0v) is 17.3. The van der Waals surface area contributed by atoms with Gasteiger partial charge >= 0.3 is 0 Å². The van der Waals surface area contributed by atoms with Gasteiger partial charge in [0.15, 0.2) is 0 Å². The van der Waals surface area contributed by atoms with Crippen LogP contribution in [0.2, 0.25) is 0 Å². The van der Waals surface area contributed by atoms with E-state index in [9.17, 15) is 13.5 Å². The number of phenolic OH excluding ortho intramolecular Hbond substituents is 1. The van der Waals surface area contributed by atoms with Gasteiger partial charge in [-0.2, -0.15) is 0 Å². The summed E-state index contributed by atoms with van der Waals surface area (Å²) >= 11 is 1.59. The van der Waals surface area contributed by atoms with E-state index in [0.717, 1.165) is 34.4 Å². The molecule has 1 atom stereocenters. The minimum atomic E-state index is -2.89. The van der Waals surface area contributed by atoms with E-state index in [4.69, 9.17) is 9.92 Å². The highest BCUT2D eigenvalue weighted by Crippen LogP contribution is 2.45. The SMILES string of the molecule is CCC(CC)(c1ccc(O)c(CN)c1)c1cc(C)c(C(C)O[SH](=O)=O)s1. The monoisotopic (exact) mass is 397 g/mol. The Morgan fingerprint density at radius 2 is 1.92 bits per heavy atom. The number of thiol groups is 1. The Morgan fingerprint density at radius 3 is 2.46 bits per heavy atom. The lowest BCUT2D eigenvalue weighted by Gasteiger charge is -2.32. The fraction of sp³-hybridized carbons (Fsp3) is 0.474. The van der Waals surface area contributed by atoms with E-state index in [2.05, 4.69) is 19.9 Å². The molecule has 2 rings (SSSR count). The Kier molecular flexibility index (Phi) is 6.85. The summed E-state index contributed by atoms with van der Waals surface area (Å²) in [5, 5.41) is 9.97. The average molecular weight is 398 g/mol. The van der Waals surface area contributed by atoms with Crippen LogP contribution in [0.15, 0.2) is 24.3 Å². The van der Waals surface area contributed by atoms with Crippen molar-refractivity contribution in [1.82, 2.24) is 0 Å². The normalized spacial score (nSPS) is 13.3.